The zero-order valence-electron chi connectivity index (χ0n) is 11.8. The Balaban J connectivity index is 2.41. The van der Waals surface area contributed by atoms with Crippen LogP contribution in [0, 0.1) is 0 Å². The summed E-state index contributed by atoms with van der Waals surface area (Å²) in [6, 6.07) is -0.0963. The molecule has 0 bridgehead atoms. The molecular formula is C14H23NO4. The normalized spacial score (nSPS) is 18.7. The first-order chi connectivity index (χ1) is 9.10. The molecule has 1 rings (SSSR count). The van der Waals surface area contributed by atoms with Gasteiger partial charge in [0.25, 0.3) is 0 Å². The molecule has 0 saturated carbocycles. The highest BCUT2D eigenvalue weighted by Crippen LogP contribution is 2.22. The van der Waals surface area contributed by atoms with Gasteiger partial charge in [-0.2, -0.15) is 0 Å². The van der Waals surface area contributed by atoms with Crippen molar-refractivity contribution in [3.05, 3.63) is 0 Å². The quantitative estimate of drug-likeness (QED) is 0.663. The first kappa shape index (κ1) is 15.7. The van der Waals surface area contributed by atoms with E-state index >= 15 is 0 Å². The predicted molar refractivity (Wildman–Crippen MR) is 70.3 cm³/mol. The fourth-order valence-corrected chi connectivity index (χ4v) is 2.28. The van der Waals surface area contributed by atoms with Crippen LogP contribution in [0.5, 0.6) is 0 Å². The molecule has 0 aromatic heterocycles. The molecule has 19 heavy (non-hydrogen) atoms. The number of esters is 1. The van der Waals surface area contributed by atoms with E-state index in [1.807, 2.05) is 13.8 Å². The number of hydrogen-bond donors (Lipinski definition) is 0. The van der Waals surface area contributed by atoms with Gasteiger partial charge in [-0.05, 0) is 19.3 Å². The molecular weight excluding hydrogens is 246 g/mol. The summed E-state index contributed by atoms with van der Waals surface area (Å²) in [7, 11) is 0. The largest absolute Gasteiger partial charge is 0.466 e. The molecule has 2 amide bonds. The Labute approximate surface area is 114 Å². The standard InChI is InChI=1S/C14H23NO4/c1-3-5-12(16)15-11(7-8-13(15)17)9-10-19-14(18)6-4-2/h11H,3-10H2,1-2H3. The minimum Gasteiger partial charge on any atom is -0.466 e. The number of amides is 2. The van der Waals surface area contributed by atoms with E-state index in [2.05, 4.69) is 0 Å². The topological polar surface area (TPSA) is 63.7 Å². The van der Waals surface area contributed by atoms with Crippen LogP contribution in [0.2, 0.25) is 0 Å². The number of carbonyl (C=O) groups excluding carboxylic acids is 3. The summed E-state index contributed by atoms with van der Waals surface area (Å²) in [6.45, 7) is 4.12. The molecule has 0 aliphatic carbocycles. The monoisotopic (exact) mass is 269 g/mol. The number of imide groups is 1. The van der Waals surface area contributed by atoms with Gasteiger partial charge in [-0.3, -0.25) is 19.3 Å². The van der Waals surface area contributed by atoms with Crippen molar-refractivity contribution in [2.45, 2.75) is 64.8 Å². The van der Waals surface area contributed by atoms with Gasteiger partial charge in [0, 0.05) is 31.7 Å². The van der Waals surface area contributed by atoms with Crippen molar-refractivity contribution >= 4 is 17.8 Å². The van der Waals surface area contributed by atoms with Crippen LogP contribution in [-0.4, -0.2) is 35.3 Å². The maximum atomic E-state index is 11.9. The van der Waals surface area contributed by atoms with Crippen molar-refractivity contribution in [2.75, 3.05) is 6.61 Å². The highest BCUT2D eigenvalue weighted by molar-refractivity contribution is 5.97. The SMILES string of the molecule is CCCC(=O)OCCC1CCC(=O)N1C(=O)CCC. The lowest BCUT2D eigenvalue weighted by molar-refractivity contribution is -0.145. The lowest BCUT2D eigenvalue weighted by Gasteiger charge is -2.22. The Morgan fingerprint density at radius 1 is 1.26 bits per heavy atom. The second-order valence-electron chi connectivity index (χ2n) is 4.86. The zero-order valence-corrected chi connectivity index (χ0v) is 11.8. The lowest BCUT2D eigenvalue weighted by Crippen LogP contribution is -2.39. The Bertz CT molecular complexity index is 340. The molecule has 1 fully saturated rings. The van der Waals surface area contributed by atoms with E-state index in [-0.39, 0.29) is 30.4 Å². The highest BCUT2D eigenvalue weighted by Gasteiger charge is 2.34. The van der Waals surface area contributed by atoms with Gasteiger partial charge < -0.3 is 4.74 Å². The second kappa shape index (κ2) is 7.92. The summed E-state index contributed by atoms with van der Waals surface area (Å²) in [5, 5.41) is 0. The van der Waals surface area contributed by atoms with Crippen LogP contribution in [0.1, 0.15) is 58.8 Å². The molecule has 1 aliphatic rings. The molecule has 0 radical (unpaired) electrons. The van der Waals surface area contributed by atoms with Crippen LogP contribution in [-0.2, 0) is 19.1 Å². The number of rotatable bonds is 7. The van der Waals surface area contributed by atoms with E-state index < -0.39 is 0 Å². The molecule has 5 heteroatoms. The summed E-state index contributed by atoms with van der Waals surface area (Å²) in [5.41, 5.74) is 0. The first-order valence-corrected chi connectivity index (χ1v) is 7.10. The number of hydrogen-bond acceptors (Lipinski definition) is 4. The third-order valence-electron chi connectivity index (χ3n) is 3.23. The van der Waals surface area contributed by atoms with Gasteiger partial charge in [0.05, 0.1) is 6.61 Å². The number of ether oxygens (including phenoxy) is 1. The fourth-order valence-electron chi connectivity index (χ4n) is 2.28. The van der Waals surface area contributed by atoms with Crippen LogP contribution >= 0.6 is 0 Å². The number of nitrogens with zero attached hydrogens (tertiary/aromatic N) is 1. The van der Waals surface area contributed by atoms with Gasteiger partial charge >= 0.3 is 5.97 Å². The molecule has 1 heterocycles. The molecule has 1 unspecified atom stereocenters. The van der Waals surface area contributed by atoms with E-state index in [1.165, 1.54) is 4.90 Å². The van der Waals surface area contributed by atoms with Gasteiger partial charge in [0.15, 0.2) is 0 Å². The molecule has 1 aliphatic heterocycles. The zero-order chi connectivity index (χ0) is 14.3. The van der Waals surface area contributed by atoms with Crippen LogP contribution < -0.4 is 0 Å². The van der Waals surface area contributed by atoms with Crippen molar-refractivity contribution in [3.8, 4) is 0 Å². The average Bonchev–Trinajstić information content (AvgIpc) is 2.71. The third-order valence-corrected chi connectivity index (χ3v) is 3.23. The van der Waals surface area contributed by atoms with Crippen LogP contribution in [0.15, 0.2) is 0 Å². The van der Waals surface area contributed by atoms with Crippen LogP contribution in [0.3, 0.4) is 0 Å². The highest BCUT2D eigenvalue weighted by atomic mass is 16.5. The Morgan fingerprint density at radius 2 is 1.95 bits per heavy atom. The second-order valence-corrected chi connectivity index (χ2v) is 4.86. The molecule has 1 atom stereocenters. The van der Waals surface area contributed by atoms with E-state index in [0.717, 1.165) is 12.8 Å². The maximum absolute atomic E-state index is 11.9. The number of likely N-dealkylation sites (tertiary alicyclic amines) is 1. The van der Waals surface area contributed by atoms with Crippen molar-refractivity contribution < 1.29 is 19.1 Å². The third kappa shape index (κ3) is 4.65. The summed E-state index contributed by atoms with van der Waals surface area (Å²) in [5.74, 6) is -0.406. The smallest absolute Gasteiger partial charge is 0.305 e. The first-order valence-electron chi connectivity index (χ1n) is 7.10. The molecule has 0 spiro atoms. The van der Waals surface area contributed by atoms with Gasteiger partial charge in [-0.15, -0.1) is 0 Å². The van der Waals surface area contributed by atoms with E-state index in [9.17, 15) is 14.4 Å². The van der Waals surface area contributed by atoms with Crippen LogP contribution in [0.4, 0.5) is 0 Å². The van der Waals surface area contributed by atoms with Gasteiger partial charge in [0.2, 0.25) is 11.8 Å². The summed E-state index contributed by atoms with van der Waals surface area (Å²) in [4.78, 5) is 36.2. The van der Waals surface area contributed by atoms with E-state index in [0.29, 0.717) is 32.1 Å². The molecule has 0 aromatic rings. The molecule has 0 N–H and O–H groups in total. The van der Waals surface area contributed by atoms with E-state index in [1.54, 1.807) is 0 Å². The Morgan fingerprint density at radius 3 is 2.58 bits per heavy atom. The minimum atomic E-state index is -0.210. The van der Waals surface area contributed by atoms with Crippen molar-refractivity contribution in [3.63, 3.8) is 0 Å². The van der Waals surface area contributed by atoms with Gasteiger partial charge in [0.1, 0.15) is 0 Å². The summed E-state index contributed by atoms with van der Waals surface area (Å²) < 4.78 is 5.08. The Kier molecular flexibility index (Phi) is 6.53. The number of carbonyl (C=O) groups is 3. The van der Waals surface area contributed by atoms with E-state index in [4.69, 9.17) is 4.74 Å². The maximum Gasteiger partial charge on any atom is 0.305 e. The lowest BCUT2D eigenvalue weighted by atomic mass is 10.1. The van der Waals surface area contributed by atoms with Crippen LogP contribution in [0.25, 0.3) is 0 Å². The fraction of sp³-hybridized carbons (Fsp3) is 0.786. The minimum absolute atomic E-state index is 0.0941. The van der Waals surface area contributed by atoms with Gasteiger partial charge in [-0.1, -0.05) is 13.8 Å². The summed E-state index contributed by atoms with van der Waals surface area (Å²) >= 11 is 0. The van der Waals surface area contributed by atoms with Crippen molar-refractivity contribution in [2.24, 2.45) is 0 Å². The predicted octanol–water partition coefficient (Wildman–Crippen LogP) is 2.04. The van der Waals surface area contributed by atoms with Crippen molar-refractivity contribution in [1.82, 2.24) is 4.90 Å². The van der Waals surface area contributed by atoms with Gasteiger partial charge in [-0.25, -0.2) is 0 Å². The molecule has 108 valence electrons. The molecule has 1 saturated heterocycles. The molecule has 5 nitrogen and oxygen atoms in total. The summed E-state index contributed by atoms with van der Waals surface area (Å²) in [6.07, 6.45) is 3.97. The Hall–Kier alpha value is -1.39. The average molecular weight is 269 g/mol. The van der Waals surface area contributed by atoms with Crippen molar-refractivity contribution in [1.29, 1.82) is 0 Å². The molecule has 0 aromatic carbocycles.